The number of carbonyl (C=O) groups is 3. The van der Waals surface area contributed by atoms with Gasteiger partial charge in [-0.05, 0) is 67.6 Å². The number of rotatable bonds is 10. The molecule has 0 radical (unpaired) electrons. The van der Waals surface area contributed by atoms with Gasteiger partial charge >= 0.3 is 0 Å². The van der Waals surface area contributed by atoms with Gasteiger partial charge in [-0.15, -0.1) is 0 Å². The van der Waals surface area contributed by atoms with Crippen molar-refractivity contribution in [3.63, 3.8) is 0 Å². The highest BCUT2D eigenvalue weighted by atomic mass is 32.2. The number of likely N-dealkylation sites (N-methyl/N-ethyl adjacent to an activating group) is 1. The Morgan fingerprint density at radius 1 is 1.09 bits per heavy atom. The van der Waals surface area contributed by atoms with E-state index >= 15 is 0 Å². The van der Waals surface area contributed by atoms with Crippen LogP contribution in [0.5, 0.6) is 5.75 Å². The summed E-state index contributed by atoms with van der Waals surface area (Å²) >= 11 is 1.04. The van der Waals surface area contributed by atoms with Gasteiger partial charge in [0.15, 0.2) is 0 Å². The third kappa shape index (κ3) is 7.00. The zero-order valence-corrected chi connectivity index (χ0v) is 21.1. The fourth-order valence-corrected chi connectivity index (χ4v) is 6.71. The Morgan fingerprint density at radius 2 is 1.85 bits per heavy atom. The van der Waals surface area contributed by atoms with E-state index in [1.807, 2.05) is 31.3 Å². The molecule has 0 aromatic heterocycles. The summed E-state index contributed by atoms with van der Waals surface area (Å²) in [7, 11) is 1.85. The average Bonchev–Trinajstić information content (AvgIpc) is 3.16. The van der Waals surface area contributed by atoms with Crippen LogP contribution in [0.15, 0.2) is 24.3 Å². The lowest BCUT2D eigenvalue weighted by molar-refractivity contribution is -0.130. The minimum absolute atomic E-state index is 0.201. The number of nitrogens with zero attached hydrogens (tertiary/aromatic N) is 1. The SMILES string of the molecule is CN(CCOc1ccc(CC2SC(=O)NC2=O)cc1)C(=O)CCCC1CC[C@@H]2CCCC[C@H]2C1. The molecular formula is C27H38N2O4S. The Balaban J connectivity index is 1.09. The zero-order chi connectivity index (χ0) is 23.9. The second-order valence-corrected chi connectivity index (χ2v) is 11.4. The second-order valence-electron chi connectivity index (χ2n) is 10.3. The van der Waals surface area contributed by atoms with E-state index in [1.54, 1.807) is 4.90 Å². The first-order chi connectivity index (χ1) is 16.5. The summed E-state index contributed by atoms with van der Waals surface area (Å²) in [5.41, 5.74) is 0.985. The van der Waals surface area contributed by atoms with E-state index in [2.05, 4.69) is 5.32 Å². The van der Waals surface area contributed by atoms with E-state index in [1.165, 1.54) is 51.4 Å². The second kappa shape index (κ2) is 12.1. The summed E-state index contributed by atoms with van der Waals surface area (Å²) < 4.78 is 5.81. The molecule has 0 bridgehead atoms. The first-order valence-corrected chi connectivity index (χ1v) is 13.8. The number of amides is 3. The van der Waals surface area contributed by atoms with Gasteiger partial charge in [0.05, 0.1) is 11.8 Å². The maximum absolute atomic E-state index is 12.5. The molecule has 4 atom stereocenters. The summed E-state index contributed by atoms with van der Waals surface area (Å²) in [5, 5.41) is 1.68. The molecule has 3 amide bonds. The standard InChI is InChI=1S/C27H38N2O4S/c1-29(25(30)8-4-5-19-9-12-21-6-2-3-7-22(21)17-19)15-16-33-23-13-10-20(11-14-23)18-24-26(31)28-27(32)34-24/h10-11,13-14,19,21-22,24H,2-9,12,15-18H2,1H3,(H,28,31,32)/t19?,21-,22-,24?/m0/s1. The van der Waals surface area contributed by atoms with Crippen LogP contribution < -0.4 is 10.1 Å². The van der Waals surface area contributed by atoms with Gasteiger partial charge in [-0.2, -0.15) is 0 Å². The summed E-state index contributed by atoms with van der Waals surface area (Å²) in [4.78, 5) is 37.3. The van der Waals surface area contributed by atoms with Crippen molar-refractivity contribution in [2.45, 2.75) is 75.9 Å². The first-order valence-electron chi connectivity index (χ1n) is 12.9. The normalized spacial score (nSPS) is 26.6. The minimum Gasteiger partial charge on any atom is -0.492 e. The van der Waals surface area contributed by atoms with Gasteiger partial charge in [-0.3, -0.25) is 19.7 Å². The lowest BCUT2D eigenvalue weighted by atomic mass is 9.67. The molecule has 3 fully saturated rings. The molecule has 1 aliphatic heterocycles. The van der Waals surface area contributed by atoms with Crippen molar-refractivity contribution in [3.8, 4) is 5.75 Å². The van der Waals surface area contributed by atoms with Crippen molar-refractivity contribution < 1.29 is 19.1 Å². The van der Waals surface area contributed by atoms with Gasteiger partial charge < -0.3 is 9.64 Å². The topological polar surface area (TPSA) is 75.7 Å². The van der Waals surface area contributed by atoms with Crippen LogP contribution in [0.1, 0.15) is 69.8 Å². The van der Waals surface area contributed by atoms with Gasteiger partial charge in [0.1, 0.15) is 12.4 Å². The van der Waals surface area contributed by atoms with Crippen molar-refractivity contribution in [2.24, 2.45) is 17.8 Å². The smallest absolute Gasteiger partial charge is 0.286 e. The molecule has 0 spiro atoms. The number of fused-ring (bicyclic) bond motifs is 1. The molecule has 6 nitrogen and oxygen atoms in total. The number of benzene rings is 1. The Kier molecular flexibility index (Phi) is 8.92. The van der Waals surface area contributed by atoms with Crippen LogP contribution in [0, 0.1) is 17.8 Å². The van der Waals surface area contributed by atoms with E-state index in [4.69, 9.17) is 4.74 Å². The molecule has 7 heteroatoms. The Morgan fingerprint density at radius 3 is 2.59 bits per heavy atom. The van der Waals surface area contributed by atoms with E-state index < -0.39 is 0 Å². The molecule has 34 heavy (non-hydrogen) atoms. The highest BCUT2D eigenvalue weighted by Crippen LogP contribution is 2.43. The number of ether oxygens (including phenoxy) is 1. The zero-order valence-electron chi connectivity index (χ0n) is 20.3. The van der Waals surface area contributed by atoms with Crippen LogP contribution in [0.2, 0.25) is 0 Å². The molecule has 3 aliphatic rings. The molecule has 1 saturated heterocycles. The summed E-state index contributed by atoms with van der Waals surface area (Å²) in [6.45, 7) is 1.01. The molecule has 1 aromatic rings. The summed E-state index contributed by atoms with van der Waals surface area (Å²) in [6.07, 6.45) is 13.3. The van der Waals surface area contributed by atoms with Crippen molar-refractivity contribution >= 4 is 28.8 Å². The predicted octanol–water partition coefficient (Wildman–Crippen LogP) is 5.19. The third-order valence-corrected chi connectivity index (χ3v) is 8.87. The maximum atomic E-state index is 12.5. The van der Waals surface area contributed by atoms with Crippen LogP contribution in [0.25, 0.3) is 0 Å². The Bertz CT molecular complexity index is 859. The van der Waals surface area contributed by atoms with E-state index in [-0.39, 0.29) is 22.3 Å². The fourth-order valence-electron chi connectivity index (χ4n) is 5.85. The van der Waals surface area contributed by atoms with Crippen molar-refractivity contribution in [1.82, 2.24) is 10.2 Å². The van der Waals surface area contributed by atoms with Gasteiger partial charge in [-0.25, -0.2) is 0 Å². The fraction of sp³-hybridized carbons (Fsp3) is 0.667. The molecule has 2 aliphatic carbocycles. The largest absolute Gasteiger partial charge is 0.492 e. The number of hydrogen-bond acceptors (Lipinski definition) is 5. The van der Waals surface area contributed by atoms with Gasteiger partial charge in [0.25, 0.3) is 5.24 Å². The predicted molar refractivity (Wildman–Crippen MR) is 135 cm³/mol. The van der Waals surface area contributed by atoms with Gasteiger partial charge in [0, 0.05) is 13.5 Å². The highest BCUT2D eigenvalue weighted by Gasteiger charge is 2.32. The number of carbonyl (C=O) groups excluding carboxylic acids is 3. The molecule has 1 N–H and O–H groups in total. The van der Waals surface area contributed by atoms with Gasteiger partial charge in [-0.1, -0.05) is 56.0 Å². The van der Waals surface area contributed by atoms with Crippen LogP contribution in [0.4, 0.5) is 4.79 Å². The number of thioether (sulfide) groups is 1. The van der Waals surface area contributed by atoms with E-state index in [0.29, 0.717) is 26.0 Å². The number of nitrogens with one attached hydrogen (secondary N) is 1. The van der Waals surface area contributed by atoms with E-state index in [0.717, 1.165) is 47.2 Å². The van der Waals surface area contributed by atoms with Crippen LogP contribution in [-0.4, -0.2) is 47.4 Å². The molecule has 186 valence electrons. The van der Waals surface area contributed by atoms with Crippen molar-refractivity contribution in [1.29, 1.82) is 0 Å². The van der Waals surface area contributed by atoms with Crippen LogP contribution in [0.3, 0.4) is 0 Å². The molecule has 4 rings (SSSR count). The van der Waals surface area contributed by atoms with Gasteiger partial charge in [0.2, 0.25) is 11.8 Å². The van der Waals surface area contributed by atoms with E-state index in [9.17, 15) is 14.4 Å². The van der Waals surface area contributed by atoms with Crippen LogP contribution in [-0.2, 0) is 16.0 Å². The molecule has 2 saturated carbocycles. The maximum Gasteiger partial charge on any atom is 0.286 e. The Labute approximate surface area is 207 Å². The monoisotopic (exact) mass is 486 g/mol. The molecule has 1 heterocycles. The first kappa shape index (κ1) is 25.1. The van der Waals surface area contributed by atoms with Crippen molar-refractivity contribution in [3.05, 3.63) is 29.8 Å². The van der Waals surface area contributed by atoms with Crippen molar-refractivity contribution in [2.75, 3.05) is 20.2 Å². The lowest BCUT2D eigenvalue weighted by Gasteiger charge is -2.39. The number of hydrogen-bond donors (Lipinski definition) is 1. The molecule has 1 aromatic carbocycles. The molecular weight excluding hydrogens is 448 g/mol. The molecule has 2 unspecified atom stereocenters. The summed E-state index contributed by atoms with van der Waals surface area (Å²) in [5.74, 6) is 3.50. The Hall–Kier alpha value is -2.02. The average molecular weight is 487 g/mol. The van der Waals surface area contributed by atoms with Crippen LogP contribution >= 0.6 is 11.8 Å². The third-order valence-electron chi connectivity index (χ3n) is 7.88. The minimum atomic E-state index is -0.360. The number of imide groups is 1. The quantitative estimate of drug-likeness (QED) is 0.492. The highest BCUT2D eigenvalue weighted by molar-refractivity contribution is 8.15. The summed E-state index contributed by atoms with van der Waals surface area (Å²) in [6, 6.07) is 7.58. The lowest BCUT2D eigenvalue weighted by Crippen LogP contribution is -2.31.